The number of anilines is 1. The van der Waals surface area contributed by atoms with E-state index in [0.29, 0.717) is 0 Å². The molecule has 0 aliphatic heterocycles. The molecular formula is C14H12N4O3. The number of nitrogens with zero attached hydrogens (tertiary/aromatic N) is 3. The molecule has 1 N–H and O–H groups in total. The summed E-state index contributed by atoms with van der Waals surface area (Å²) >= 11 is 0. The lowest BCUT2D eigenvalue weighted by molar-refractivity contribution is 0.0597. The highest BCUT2D eigenvalue weighted by molar-refractivity contribution is 6.11. The number of nitrogens with one attached hydrogen (secondary N) is 1. The van der Waals surface area contributed by atoms with Crippen LogP contribution in [-0.2, 0) is 11.8 Å². The maximum absolute atomic E-state index is 12.3. The fourth-order valence-corrected chi connectivity index (χ4v) is 1.81. The number of benzene rings is 1. The van der Waals surface area contributed by atoms with Gasteiger partial charge in [0.2, 0.25) is 0 Å². The van der Waals surface area contributed by atoms with Crippen LogP contribution in [0, 0.1) is 11.3 Å². The first-order valence-corrected chi connectivity index (χ1v) is 5.99. The first-order chi connectivity index (χ1) is 10.1. The van der Waals surface area contributed by atoms with Gasteiger partial charge in [-0.25, -0.2) is 4.79 Å². The summed E-state index contributed by atoms with van der Waals surface area (Å²) in [5, 5.41) is 15.4. The zero-order chi connectivity index (χ0) is 15.4. The van der Waals surface area contributed by atoms with Gasteiger partial charge in [-0.15, -0.1) is 0 Å². The van der Waals surface area contributed by atoms with Crippen molar-refractivity contribution in [3.63, 3.8) is 0 Å². The summed E-state index contributed by atoms with van der Waals surface area (Å²) in [4.78, 5) is 24.0. The van der Waals surface area contributed by atoms with Crippen LogP contribution in [0.1, 0.15) is 26.3 Å². The number of aromatic nitrogens is 2. The second-order valence-corrected chi connectivity index (χ2v) is 4.13. The van der Waals surface area contributed by atoms with Crippen LogP contribution in [0.2, 0.25) is 0 Å². The van der Waals surface area contributed by atoms with Gasteiger partial charge in [-0.2, -0.15) is 10.4 Å². The van der Waals surface area contributed by atoms with Crippen molar-refractivity contribution < 1.29 is 14.3 Å². The molecule has 0 radical (unpaired) electrons. The summed E-state index contributed by atoms with van der Waals surface area (Å²) in [5.41, 5.74) is 0.550. The van der Waals surface area contributed by atoms with E-state index >= 15 is 0 Å². The predicted octanol–water partition coefficient (Wildman–Crippen LogP) is 1.33. The van der Waals surface area contributed by atoms with Gasteiger partial charge in [0, 0.05) is 7.05 Å². The summed E-state index contributed by atoms with van der Waals surface area (Å²) in [6, 6.07) is 8.20. The van der Waals surface area contributed by atoms with Gasteiger partial charge < -0.3 is 10.1 Å². The lowest BCUT2D eigenvalue weighted by Crippen LogP contribution is -2.19. The van der Waals surface area contributed by atoms with Crippen molar-refractivity contribution in [3.05, 3.63) is 47.2 Å². The van der Waals surface area contributed by atoms with Crippen LogP contribution in [0.15, 0.2) is 30.5 Å². The number of hydrogen-bond acceptors (Lipinski definition) is 5. The normalized spacial score (nSPS) is 9.76. The van der Waals surface area contributed by atoms with Gasteiger partial charge in [-0.1, -0.05) is 12.1 Å². The molecule has 21 heavy (non-hydrogen) atoms. The minimum absolute atomic E-state index is 0.151. The summed E-state index contributed by atoms with van der Waals surface area (Å²) in [6.45, 7) is 0. The number of carbonyl (C=O) groups is 2. The Morgan fingerprint density at radius 3 is 2.62 bits per heavy atom. The molecular weight excluding hydrogens is 272 g/mol. The highest BCUT2D eigenvalue weighted by Gasteiger charge is 2.19. The molecule has 0 aliphatic carbocycles. The van der Waals surface area contributed by atoms with Crippen molar-refractivity contribution in [3.8, 4) is 6.07 Å². The van der Waals surface area contributed by atoms with Gasteiger partial charge in [0.1, 0.15) is 17.5 Å². The van der Waals surface area contributed by atoms with Crippen LogP contribution in [0.5, 0.6) is 0 Å². The number of nitriles is 1. The zero-order valence-electron chi connectivity index (χ0n) is 11.5. The summed E-state index contributed by atoms with van der Waals surface area (Å²) < 4.78 is 6.01. The maximum Gasteiger partial charge on any atom is 0.338 e. The molecule has 106 valence electrons. The van der Waals surface area contributed by atoms with Crippen molar-refractivity contribution in [2.24, 2.45) is 7.05 Å². The third kappa shape index (κ3) is 2.74. The Bertz CT molecular complexity index is 743. The fourth-order valence-electron chi connectivity index (χ4n) is 1.81. The smallest absolute Gasteiger partial charge is 0.338 e. The van der Waals surface area contributed by atoms with Gasteiger partial charge in [-0.05, 0) is 12.1 Å². The largest absolute Gasteiger partial charge is 0.465 e. The van der Waals surface area contributed by atoms with E-state index in [4.69, 9.17) is 5.26 Å². The quantitative estimate of drug-likeness (QED) is 0.857. The molecule has 7 nitrogen and oxygen atoms in total. The number of aryl methyl sites for hydroxylation is 1. The first kappa shape index (κ1) is 14.3. The van der Waals surface area contributed by atoms with E-state index < -0.39 is 11.9 Å². The third-order valence-corrected chi connectivity index (χ3v) is 2.87. The average Bonchev–Trinajstić information content (AvgIpc) is 2.86. The molecule has 0 spiro atoms. The predicted molar refractivity (Wildman–Crippen MR) is 73.7 cm³/mol. The van der Waals surface area contributed by atoms with E-state index in [1.165, 1.54) is 30.1 Å². The summed E-state index contributed by atoms with van der Waals surface area (Å²) in [6.07, 6.45) is 1.35. The van der Waals surface area contributed by atoms with Gasteiger partial charge in [0.15, 0.2) is 0 Å². The van der Waals surface area contributed by atoms with E-state index in [0.717, 1.165) is 0 Å². The third-order valence-electron chi connectivity index (χ3n) is 2.87. The maximum atomic E-state index is 12.3. The molecule has 1 aromatic carbocycles. The number of methoxy groups -OCH3 is 1. The van der Waals surface area contributed by atoms with Crippen LogP contribution < -0.4 is 5.32 Å². The van der Waals surface area contributed by atoms with Crippen molar-refractivity contribution in [1.29, 1.82) is 5.26 Å². The van der Waals surface area contributed by atoms with Crippen LogP contribution in [0.3, 0.4) is 0 Å². The van der Waals surface area contributed by atoms with Crippen molar-refractivity contribution in [1.82, 2.24) is 9.78 Å². The number of carbonyl (C=O) groups excluding carboxylic acids is 2. The van der Waals surface area contributed by atoms with E-state index in [9.17, 15) is 9.59 Å². The molecule has 0 fully saturated rings. The number of rotatable bonds is 3. The van der Waals surface area contributed by atoms with E-state index in [1.807, 2.05) is 6.07 Å². The number of amides is 1. The Morgan fingerprint density at radius 1 is 1.33 bits per heavy atom. The Morgan fingerprint density at radius 2 is 2.00 bits per heavy atom. The van der Waals surface area contributed by atoms with E-state index in [1.54, 1.807) is 19.2 Å². The van der Waals surface area contributed by atoms with Crippen LogP contribution in [-0.4, -0.2) is 28.8 Å². The Balaban J connectivity index is 2.36. The van der Waals surface area contributed by atoms with E-state index in [-0.39, 0.29) is 22.5 Å². The molecule has 1 aromatic heterocycles. The fraction of sp³-hybridized carbons (Fsp3) is 0.143. The lowest BCUT2D eigenvalue weighted by Gasteiger charge is -2.09. The second-order valence-electron chi connectivity index (χ2n) is 4.13. The molecule has 0 bridgehead atoms. The summed E-state index contributed by atoms with van der Waals surface area (Å²) in [7, 11) is 2.84. The number of hydrogen-bond donors (Lipinski definition) is 1. The van der Waals surface area contributed by atoms with Crippen LogP contribution >= 0.6 is 0 Å². The number of esters is 1. The van der Waals surface area contributed by atoms with Gasteiger partial charge in [-0.3, -0.25) is 9.48 Å². The molecule has 2 rings (SSSR count). The van der Waals surface area contributed by atoms with Crippen LogP contribution in [0.25, 0.3) is 0 Å². The zero-order valence-corrected chi connectivity index (χ0v) is 11.5. The Kier molecular flexibility index (Phi) is 4.00. The molecule has 0 aliphatic rings. The molecule has 2 aromatic rings. The summed E-state index contributed by atoms with van der Waals surface area (Å²) in [5.74, 6) is -0.857. The average molecular weight is 284 g/mol. The molecule has 0 saturated heterocycles. The van der Waals surface area contributed by atoms with Crippen molar-refractivity contribution in [2.45, 2.75) is 0 Å². The molecule has 0 unspecified atom stereocenters. The Labute approximate surface area is 120 Å². The van der Waals surface area contributed by atoms with Crippen molar-refractivity contribution >= 4 is 17.7 Å². The standard InChI is InChI=1S/C14H12N4O3/c1-18-12(9(7-15)8-16-18)17-13(19)10-5-3-4-6-11(10)14(20)21-2/h3-6,8H,1-2H3,(H,17,19). The second kappa shape index (κ2) is 5.88. The highest BCUT2D eigenvalue weighted by Crippen LogP contribution is 2.16. The minimum atomic E-state index is -0.605. The van der Waals surface area contributed by atoms with Crippen molar-refractivity contribution in [2.75, 3.05) is 12.4 Å². The Hall–Kier alpha value is -3.14. The highest BCUT2D eigenvalue weighted by atomic mass is 16.5. The topological polar surface area (TPSA) is 97.0 Å². The van der Waals surface area contributed by atoms with Gasteiger partial charge >= 0.3 is 5.97 Å². The van der Waals surface area contributed by atoms with E-state index in [2.05, 4.69) is 15.2 Å². The molecule has 0 atom stereocenters. The molecule has 0 saturated carbocycles. The molecule has 1 amide bonds. The SMILES string of the molecule is COC(=O)c1ccccc1C(=O)Nc1c(C#N)cnn1C. The minimum Gasteiger partial charge on any atom is -0.465 e. The molecule has 1 heterocycles. The van der Waals surface area contributed by atoms with Crippen LogP contribution in [0.4, 0.5) is 5.82 Å². The lowest BCUT2D eigenvalue weighted by atomic mass is 10.1. The van der Waals surface area contributed by atoms with Gasteiger partial charge in [0.05, 0.1) is 24.4 Å². The van der Waals surface area contributed by atoms with Gasteiger partial charge in [0.25, 0.3) is 5.91 Å². The molecule has 7 heteroatoms. The first-order valence-electron chi connectivity index (χ1n) is 5.99. The number of ether oxygens (including phenoxy) is 1. The monoisotopic (exact) mass is 284 g/mol.